The number of aryl methyl sites for hydroxylation is 1. The topological polar surface area (TPSA) is 154 Å². The average Bonchev–Trinajstić information content (AvgIpc) is 3.35. The highest BCUT2D eigenvalue weighted by Gasteiger charge is 2.48. The Hall–Kier alpha value is -4.20. The van der Waals surface area contributed by atoms with Crippen molar-refractivity contribution in [1.82, 2.24) is 35.7 Å². The lowest BCUT2D eigenvalue weighted by Gasteiger charge is -2.40. The minimum absolute atomic E-state index is 0.0301. The van der Waals surface area contributed by atoms with Gasteiger partial charge in [0.1, 0.15) is 5.82 Å². The highest BCUT2D eigenvalue weighted by Crippen LogP contribution is 2.39. The highest BCUT2D eigenvalue weighted by molar-refractivity contribution is 6.37. The molecule has 1 aliphatic rings. The number of methoxy groups -OCH3 is 1. The highest BCUT2D eigenvalue weighted by atomic mass is 35.5. The minimum atomic E-state index is -1.36. The van der Waals surface area contributed by atoms with E-state index in [9.17, 15) is 9.59 Å². The van der Waals surface area contributed by atoms with Gasteiger partial charge in [-0.15, -0.1) is 0 Å². The molecular weight excluding hydrogens is 580 g/mol. The molecule has 0 bridgehead atoms. The molecule has 1 fully saturated rings. The van der Waals surface area contributed by atoms with Gasteiger partial charge in [0.25, 0.3) is 11.8 Å². The predicted octanol–water partition coefficient (Wildman–Crippen LogP) is 3.73. The normalized spacial score (nSPS) is 14.6. The van der Waals surface area contributed by atoms with Gasteiger partial charge in [0.15, 0.2) is 5.54 Å². The summed E-state index contributed by atoms with van der Waals surface area (Å²) in [5.74, 6) is -1.31. The number of benzene rings is 1. The fourth-order valence-electron chi connectivity index (χ4n) is 4.14. The molecule has 1 aromatic carbocycles. The summed E-state index contributed by atoms with van der Waals surface area (Å²) < 4.78 is 30.6. The zero-order valence-electron chi connectivity index (χ0n) is 21.9. The molecule has 0 aliphatic carbocycles. The van der Waals surface area contributed by atoms with Crippen LogP contribution >= 0.6 is 23.2 Å². The summed E-state index contributed by atoms with van der Waals surface area (Å²) in [7, 11) is 1.40. The summed E-state index contributed by atoms with van der Waals surface area (Å²) in [6.45, 7) is 3.05. The molecule has 1 atom stereocenters. The van der Waals surface area contributed by atoms with E-state index in [1.165, 1.54) is 37.8 Å². The summed E-state index contributed by atoms with van der Waals surface area (Å²) in [4.78, 5) is 42.2. The first-order valence-corrected chi connectivity index (χ1v) is 12.9. The predicted molar refractivity (Wildman–Crippen MR) is 144 cm³/mol. The third-order valence-electron chi connectivity index (χ3n) is 6.30. The SMILES string of the molecule is COc1ncc(C(=O)NC2(C(=O)N[C@H](C)c3ncc(-c4cc(Cl)cc(Cl)c4-c4noc(C)n4)cc3F)COC2)cn1. The Morgan fingerprint density at radius 2 is 1.85 bits per heavy atom. The Labute approximate surface area is 242 Å². The second-order valence-electron chi connectivity index (χ2n) is 9.22. The molecule has 0 spiro atoms. The van der Waals surface area contributed by atoms with E-state index < -0.39 is 29.2 Å². The monoisotopic (exact) mass is 601 g/mol. The summed E-state index contributed by atoms with van der Waals surface area (Å²) in [6, 6.07) is 3.58. The van der Waals surface area contributed by atoms with Gasteiger partial charge in [-0.05, 0) is 30.7 Å². The Kier molecular flexibility index (Phi) is 7.84. The van der Waals surface area contributed by atoms with Crippen LogP contribution in [0.15, 0.2) is 41.3 Å². The Balaban J connectivity index is 1.35. The third-order valence-corrected chi connectivity index (χ3v) is 6.82. The van der Waals surface area contributed by atoms with Crippen molar-refractivity contribution < 1.29 is 28.0 Å². The van der Waals surface area contributed by atoms with Gasteiger partial charge in [-0.3, -0.25) is 14.6 Å². The van der Waals surface area contributed by atoms with E-state index in [2.05, 4.69) is 35.7 Å². The van der Waals surface area contributed by atoms with Crippen molar-refractivity contribution in [2.45, 2.75) is 25.4 Å². The van der Waals surface area contributed by atoms with Crippen LogP contribution in [0.5, 0.6) is 6.01 Å². The van der Waals surface area contributed by atoms with Gasteiger partial charge in [0.05, 0.1) is 42.6 Å². The summed E-state index contributed by atoms with van der Waals surface area (Å²) in [5.41, 5.74) is -0.0851. The summed E-state index contributed by atoms with van der Waals surface area (Å²) in [6.07, 6.45) is 3.97. The van der Waals surface area contributed by atoms with Crippen LogP contribution in [0, 0.1) is 12.7 Å². The van der Waals surface area contributed by atoms with Crippen LogP contribution in [0.2, 0.25) is 10.0 Å². The molecule has 0 saturated carbocycles. The van der Waals surface area contributed by atoms with E-state index >= 15 is 4.39 Å². The first kappa shape index (κ1) is 28.3. The van der Waals surface area contributed by atoms with Gasteiger partial charge in [0, 0.05) is 41.7 Å². The van der Waals surface area contributed by atoms with E-state index in [0.29, 0.717) is 27.6 Å². The number of carbonyl (C=O) groups is 2. The molecule has 2 amide bonds. The quantitative estimate of drug-likeness (QED) is 0.305. The minimum Gasteiger partial charge on any atom is -0.467 e. The van der Waals surface area contributed by atoms with E-state index in [1.807, 2.05) is 0 Å². The van der Waals surface area contributed by atoms with Crippen LogP contribution in [0.25, 0.3) is 22.5 Å². The van der Waals surface area contributed by atoms with Crippen LogP contribution in [-0.4, -0.2) is 62.8 Å². The average molecular weight is 602 g/mol. The van der Waals surface area contributed by atoms with E-state index in [1.54, 1.807) is 19.9 Å². The van der Waals surface area contributed by atoms with Gasteiger partial charge in [-0.25, -0.2) is 14.4 Å². The van der Waals surface area contributed by atoms with Gasteiger partial charge >= 0.3 is 6.01 Å². The molecule has 4 aromatic rings. The maximum Gasteiger partial charge on any atom is 0.316 e. The number of carbonyl (C=O) groups excluding carboxylic acids is 2. The number of pyridine rings is 1. The number of halogens is 3. The summed E-state index contributed by atoms with van der Waals surface area (Å²) in [5, 5.41) is 9.85. The smallest absolute Gasteiger partial charge is 0.316 e. The second kappa shape index (κ2) is 11.4. The number of hydrogen-bond acceptors (Lipinski definition) is 10. The summed E-state index contributed by atoms with van der Waals surface area (Å²) >= 11 is 12.7. The third kappa shape index (κ3) is 5.69. The number of rotatable bonds is 8. The molecule has 4 heterocycles. The number of aromatic nitrogens is 5. The molecule has 1 aliphatic heterocycles. The van der Waals surface area contributed by atoms with Crippen LogP contribution in [0.1, 0.15) is 34.9 Å². The Morgan fingerprint density at radius 3 is 2.44 bits per heavy atom. The zero-order chi connectivity index (χ0) is 29.3. The fraction of sp³-hybridized carbons (Fsp3) is 0.269. The molecular formula is C26H22Cl2FN7O5. The van der Waals surface area contributed by atoms with Crippen molar-refractivity contribution in [2.75, 3.05) is 20.3 Å². The van der Waals surface area contributed by atoms with Crippen LogP contribution < -0.4 is 15.4 Å². The first-order valence-electron chi connectivity index (χ1n) is 12.1. The molecule has 0 unspecified atom stereocenters. The zero-order valence-corrected chi connectivity index (χ0v) is 23.4. The van der Waals surface area contributed by atoms with Crippen molar-refractivity contribution in [3.05, 3.63) is 69.8 Å². The van der Waals surface area contributed by atoms with Gasteiger partial charge in [0.2, 0.25) is 11.7 Å². The van der Waals surface area contributed by atoms with Crippen molar-refractivity contribution in [2.24, 2.45) is 0 Å². The lowest BCUT2D eigenvalue weighted by molar-refractivity contribution is -0.147. The second-order valence-corrected chi connectivity index (χ2v) is 10.1. The number of ether oxygens (including phenoxy) is 2. The van der Waals surface area contributed by atoms with Crippen molar-refractivity contribution in [3.63, 3.8) is 0 Å². The molecule has 0 radical (unpaired) electrons. The molecule has 41 heavy (non-hydrogen) atoms. The molecule has 212 valence electrons. The van der Waals surface area contributed by atoms with Crippen LogP contribution in [-0.2, 0) is 9.53 Å². The van der Waals surface area contributed by atoms with Crippen molar-refractivity contribution in [1.29, 1.82) is 0 Å². The maximum absolute atomic E-state index is 15.4. The lowest BCUT2D eigenvalue weighted by atomic mass is 9.94. The van der Waals surface area contributed by atoms with E-state index in [-0.39, 0.29) is 41.3 Å². The van der Waals surface area contributed by atoms with Crippen LogP contribution in [0.3, 0.4) is 0 Å². The molecule has 15 heteroatoms. The molecule has 2 N–H and O–H groups in total. The standard InChI is InChI=1S/C26H22Cl2FN7O5/c1-12(33-24(38)26(10-40-11-26)35-23(37)15-8-31-25(39-3)32-9-15)21-19(29)4-14(7-30-21)17-5-16(27)6-18(28)20(17)22-34-13(2)41-36-22/h4-9,12H,10-11H2,1-3H3,(H,33,38)(H,35,37)/t12-/m1/s1. The van der Waals surface area contributed by atoms with Gasteiger partial charge in [-0.2, -0.15) is 4.98 Å². The number of nitrogens with one attached hydrogen (secondary N) is 2. The maximum atomic E-state index is 15.4. The largest absolute Gasteiger partial charge is 0.467 e. The number of hydrogen-bond donors (Lipinski definition) is 2. The first-order chi connectivity index (χ1) is 19.6. The van der Waals surface area contributed by atoms with Gasteiger partial charge < -0.3 is 24.6 Å². The molecule has 1 saturated heterocycles. The van der Waals surface area contributed by atoms with Crippen LogP contribution in [0.4, 0.5) is 4.39 Å². The number of nitrogens with zero attached hydrogens (tertiary/aromatic N) is 5. The molecule has 12 nitrogen and oxygen atoms in total. The fourth-order valence-corrected chi connectivity index (χ4v) is 4.72. The Morgan fingerprint density at radius 1 is 1.12 bits per heavy atom. The van der Waals surface area contributed by atoms with Gasteiger partial charge in [-0.1, -0.05) is 28.4 Å². The lowest BCUT2D eigenvalue weighted by Crippen LogP contribution is -2.70. The van der Waals surface area contributed by atoms with E-state index in [4.69, 9.17) is 37.2 Å². The molecule has 5 rings (SSSR count). The molecule has 3 aromatic heterocycles. The van der Waals surface area contributed by atoms with Crippen molar-refractivity contribution in [3.8, 4) is 28.5 Å². The number of amides is 2. The van der Waals surface area contributed by atoms with Crippen molar-refractivity contribution >= 4 is 35.0 Å². The Bertz CT molecular complexity index is 1630. The van der Waals surface area contributed by atoms with E-state index in [0.717, 1.165) is 0 Å².